The maximum Gasteiger partial charge on any atom is 0.227 e. The quantitative estimate of drug-likeness (QED) is 0.709. The number of rotatable bonds is 5. The van der Waals surface area contributed by atoms with Crippen molar-refractivity contribution in [2.24, 2.45) is 5.41 Å². The van der Waals surface area contributed by atoms with Gasteiger partial charge in [0, 0.05) is 30.1 Å². The van der Waals surface area contributed by atoms with E-state index in [1.165, 1.54) is 0 Å². The van der Waals surface area contributed by atoms with Gasteiger partial charge in [-0.2, -0.15) is 0 Å². The Morgan fingerprint density at radius 1 is 1.07 bits per heavy atom. The van der Waals surface area contributed by atoms with Crippen molar-refractivity contribution in [2.75, 3.05) is 11.9 Å². The van der Waals surface area contributed by atoms with Gasteiger partial charge in [0.15, 0.2) is 0 Å². The molecule has 3 rings (SSSR count). The molecule has 0 fully saturated rings. The lowest BCUT2D eigenvalue weighted by Crippen LogP contribution is -2.36. The Kier molecular flexibility index (Phi) is 5.49. The number of imidazole rings is 1. The fraction of sp³-hybridized carbons (Fsp3) is 0.318. The van der Waals surface area contributed by atoms with E-state index in [0.717, 1.165) is 22.5 Å². The maximum absolute atomic E-state index is 12.6. The minimum absolute atomic E-state index is 0.0734. The molecule has 0 atom stereocenters. The first-order valence-electron chi connectivity index (χ1n) is 9.38. The van der Waals surface area contributed by atoms with Gasteiger partial charge >= 0.3 is 0 Å². The van der Waals surface area contributed by atoms with Crippen LogP contribution < -0.4 is 10.6 Å². The molecule has 0 bridgehead atoms. The molecule has 146 valence electrons. The van der Waals surface area contributed by atoms with Crippen LogP contribution >= 0.6 is 0 Å². The van der Waals surface area contributed by atoms with Crippen molar-refractivity contribution in [3.63, 3.8) is 0 Å². The summed E-state index contributed by atoms with van der Waals surface area (Å²) >= 11 is 0. The first kappa shape index (κ1) is 19.6. The Bertz CT molecular complexity index is 1000. The van der Waals surface area contributed by atoms with Crippen LogP contribution in [0, 0.1) is 12.3 Å². The van der Waals surface area contributed by atoms with E-state index >= 15 is 0 Å². The average Bonchev–Trinajstić information content (AvgIpc) is 3.01. The summed E-state index contributed by atoms with van der Waals surface area (Å²) in [5.41, 5.74) is 3.01. The summed E-state index contributed by atoms with van der Waals surface area (Å²) in [7, 11) is 0. The number of nitrogens with zero attached hydrogens (tertiary/aromatic N) is 2. The van der Waals surface area contributed by atoms with Crippen LogP contribution in [0.3, 0.4) is 0 Å². The second kappa shape index (κ2) is 7.84. The summed E-state index contributed by atoms with van der Waals surface area (Å²) in [4.78, 5) is 29.3. The van der Waals surface area contributed by atoms with Gasteiger partial charge in [-0.15, -0.1) is 0 Å². The van der Waals surface area contributed by atoms with Gasteiger partial charge in [-0.3, -0.25) is 14.0 Å². The Morgan fingerprint density at radius 2 is 1.79 bits per heavy atom. The average molecular weight is 378 g/mol. The Labute approximate surface area is 165 Å². The fourth-order valence-electron chi connectivity index (χ4n) is 2.87. The highest BCUT2D eigenvalue weighted by atomic mass is 16.2. The fourth-order valence-corrected chi connectivity index (χ4v) is 2.87. The van der Waals surface area contributed by atoms with E-state index in [1.807, 2.05) is 80.8 Å². The molecule has 0 saturated heterocycles. The van der Waals surface area contributed by atoms with Crippen molar-refractivity contribution >= 4 is 23.3 Å². The van der Waals surface area contributed by atoms with E-state index in [2.05, 4.69) is 10.6 Å². The molecule has 0 aliphatic carbocycles. The molecule has 0 unspecified atom stereocenters. The minimum atomic E-state index is -0.476. The van der Waals surface area contributed by atoms with Crippen LogP contribution in [0.4, 0.5) is 5.82 Å². The SMILES string of the molecule is Cc1cccn2c(NC(=O)CCNC(=O)C(C)(C)C)c(-c3ccccc3)nc12. The molecule has 2 amide bonds. The summed E-state index contributed by atoms with van der Waals surface area (Å²) < 4.78 is 1.89. The first-order chi connectivity index (χ1) is 13.3. The molecule has 0 saturated carbocycles. The predicted molar refractivity (Wildman–Crippen MR) is 111 cm³/mol. The zero-order valence-electron chi connectivity index (χ0n) is 16.7. The van der Waals surface area contributed by atoms with Crippen LogP contribution in [0.25, 0.3) is 16.9 Å². The summed E-state index contributed by atoms with van der Waals surface area (Å²) in [6.45, 7) is 7.81. The zero-order chi connectivity index (χ0) is 20.3. The van der Waals surface area contributed by atoms with Crippen molar-refractivity contribution < 1.29 is 9.59 Å². The third-order valence-corrected chi connectivity index (χ3v) is 4.47. The van der Waals surface area contributed by atoms with Crippen molar-refractivity contribution in [3.8, 4) is 11.3 Å². The largest absolute Gasteiger partial charge is 0.355 e. The van der Waals surface area contributed by atoms with E-state index in [-0.39, 0.29) is 18.2 Å². The molecule has 2 heterocycles. The summed E-state index contributed by atoms with van der Waals surface area (Å²) in [6.07, 6.45) is 2.08. The van der Waals surface area contributed by atoms with E-state index in [1.54, 1.807) is 0 Å². The van der Waals surface area contributed by atoms with Gasteiger partial charge in [0.1, 0.15) is 17.2 Å². The topological polar surface area (TPSA) is 75.5 Å². The Hall–Kier alpha value is -3.15. The monoisotopic (exact) mass is 378 g/mol. The second-order valence-electron chi connectivity index (χ2n) is 7.86. The van der Waals surface area contributed by atoms with Gasteiger partial charge in [-0.25, -0.2) is 4.98 Å². The van der Waals surface area contributed by atoms with E-state index in [9.17, 15) is 9.59 Å². The number of hydrogen-bond acceptors (Lipinski definition) is 3. The van der Waals surface area contributed by atoms with E-state index in [0.29, 0.717) is 12.4 Å². The number of aryl methyl sites for hydroxylation is 1. The summed E-state index contributed by atoms with van der Waals surface area (Å²) in [5.74, 6) is 0.391. The Morgan fingerprint density at radius 3 is 2.46 bits per heavy atom. The number of carbonyl (C=O) groups is 2. The van der Waals surface area contributed by atoms with Crippen molar-refractivity contribution in [2.45, 2.75) is 34.1 Å². The zero-order valence-corrected chi connectivity index (χ0v) is 16.7. The minimum Gasteiger partial charge on any atom is -0.355 e. The molecule has 0 aliphatic rings. The number of fused-ring (bicyclic) bond motifs is 1. The highest BCUT2D eigenvalue weighted by Gasteiger charge is 2.21. The number of amides is 2. The highest BCUT2D eigenvalue weighted by molar-refractivity contribution is 5.95. The summed E-state index contributed by atoms with van der Waals surface area (Å²) in [5, 5.41) is 5.79. The third kappa shape index (κ3) is 4.22. The lowest BCUT2D eigenvalue weighted by molar-refractivity contribution is -0.128. The number of hydrogen-bond donors (Lipinski definition) is 2. The first-order valence-corrected chi connectivity index (χ1v) is 9.38. The molecule has 2 N–H and O–H groups in total. The Balaban J connectivity index is 1.83. The van der Waals surface area contributed by atoms with Crippen LogP contribution in [-0.4, -0.2) is 27.7 Å². The molecule has 6 nitrogen and oxygen atoms in total. The number of benzene rings is 1. The highest BCUT2D eigenvalue weighted by Crippen LogP contribution is 2.29. The van der Waals surface area contributed by atoms with Crippen molar-refractivity contribution in [1.29, 1.82) is 0 Å². The second-order valence-corrected chi connectivity index (χ2v) is 7.86. The van der Waals surface area contributed by atoms with Gasteiger partial charge in [0.05, 0.1) is 0 Å². The van der Waals surface area contributed by atoms with Crippen LogP contribution in [0.2, 0.25) is 0 Å². The number of carbonyl (C=O) groups excluding carboxylic acids is 2. The number of anilines is 1. The van der Waals surface area contributed by atoms with Gasteiger partial charge in [-0.1, -0.05) is 57.2 Å². The molecule has 28 heavy (non-hydrogen) atoms. The molecular formula is C22H26N4O2. The van der Waals surface area contributed by atoms with Crippen LogP contribution in [-0.2, 0) is 9.59 Å². The third-order valence-electron chi connectivity index (χ3n) is 4.47. The van der Waals surface area contributed by atoms with Crippen molar-refractivity contribution in [3.05, 3.63) is 54.2 Å². The van der Waals surface area contributed by atoms with Gasteiger partial charge in [0.25, 0.3) is 0 Å². The van der Waals surface area contributed by atoms with E-state index in [4.69, 9.17) is 4.98 Å². The number of aromatic nitrogens is 2. The summed E-state index contributed by atoms with van der Waals surface area (Å²) in [6, 6.07) is 13.7. The van der Waals surface area contributed by atoms with Gasteiger partial charge < -0.3 is 10.6 Å². The molecule has 0 aliphatic heterocycles. The van der Waals surface area contributed by atoms with Gasteiger partial charge in [0.2, 0.25) is 11.8 Å². The van der Waals surface area contributed by atoms with Gasteiger partial charge in [-0.05, 0) is 18.6 Å². The smallest absolute Gasteiger partial charge is 0.227 e. The van der Waals surface area contributed by atoms with Crippen molar-refractivity contribution in [1.82, 2.24) is 14.7 Å². The molecule has 0 spiro atoms. The standard InChI is InChI=1S/C22H26N4O2/c1-15-9-8-14-26-19(15)25-18(16-10-6-5-7-11-16)20(26)24-17(27)12-13-23-21(28)22(2,3)4/h5-11,14H,12-13H2,1-4H3,(H,23,28)(H,24,27). The van der Waals surface area contributed by atoms with Crippen LogP contribution in [0.5, 0.6) is 0 Å². The normalized spacial score (nSPS) is 11.4. The lowest BCUT2D eigenvalue weighted by atomic mass is 9.96. The molecule has 1 aromatic carbocycles. The number of nitrogens with one attached hydrogen (secondary N) is 2. The number of pyridine rings is 1. The molecular weight excluding hydrogens is 352 g/mol. The molecule has 6 heteroatoms. The van der Waals surface area contributed by atoms with E-state index < -0.39 is 5.41 Å². The molecule has 0 radical (unpaired) electrons. The maximum atomic E-state index is 12.6. The lowest BCUT2D eigenvalue weighted by Gasteiger charge is -2.17. The predicted octanol–water partition coefficient (Wildman–Crippen LogP) is 3.80. The molecule has 3 aromatic rings. The molecule has 2 aromatic heterocycles. The van der Waals surface area contributed by atoms with Crippen LogP contribution in [0.15, 0.2) is 48.7 Å². The van der Waals surface area contributed by atoms with Crippen LogP contribution in [0.1, 0.15) is 32.8 Å².